The molecule has 1 fully saturated rings. The van der Waals surface area contributed by atoms with Gasteiger partial charge in [-0.25, -0.2) is 0 Å². The molecule has 3 N–H and O–H groups in total. The minimum Gasteiger partial charge on any atom is -0.356 e. The monoisotopic (exact) mass is 226 g/mol. The van der Waals surface area contributed by atoms with Crippen molar-refractivity contribution in [2.24, 2.45) is 28.4 Å². The third kappa shape index (κ3) is 2.10. The summed E-state index contributed by atoms with van der Waals surface area (Å²) in [4.78, 5) is 11.7. The van der Waals surface area contributed by atoms with Gasteiger partial charge in [0.2, 0.25) is 5.91 Å². The van der Waals surface area contributed by atoms with Gasteiger partial charge in [-0.15, -0.1) is 0 Å². The van der Waals surface area contributed by atoms with E-state index >= 15 is 0 Å². The first-order chi connectivity index (χ1) is 7.12. The highest BCUT2D eigenvalue weighted by molar-refractivity contribution is 5.78. The van der Waals surface area contributed by atoms with Gasteiger partial charge >= 0.3 is 0 Å². The lowest BCUT2D eigenvalue weighted by molar-refractivity contribution is -0.125. The standard InChI is InChI=1S/C13H26N2O/c1-8(9(2)14)11(16)15-7-10-12(3,4)13(10,5)6/h8-10H,7,14H2,1-6H3,(H,15,16). The van der Waals surface area contributed by atoms with Crippen LogP contribution in [-0.2, 0) is 4.79 Å². The van der Waals surface area contributed by atoms with Gasteiger partial charge < -0.3 is 11.1 Å². The van der Waals surface area contributed by atoms with E-state index in [1.807, 2.05) is 13.8 Å². The predicted molar refractivity (Wildman–Crippen MR) is 66.9 cm³/mol. The van der Waals surface area contributed by atoms with Gasteiger partial charge in [-0.3, -0.25) is 4.79 Å². The number of hydrogen-bond donors (Lipinski definition) is 2. The summed E-state index contributed by atoms with van der Waals surface area (Å²) in [6, 6.07) is -0.0831. The molecular formula is C13H26N2O. The van der Waals surface area contributed by atoms with Crippen molar-refractivity contribution in [3.8, 4) is 0 Å². The Labute approximate surface area is 99.2 Å². The van der Waals surface area contributed by atoms with Gasteiger partial charge in [-0.1, -0.05) is 34.6 Å². The predicted octanol–water partition coefficient (Wildman–Crippen LogP) is 1.77. The molecule has 3 heteroatoms. The molecule has 1 aliphatic rings. The van der Waals surface area contributed by atoms with Gasteiger partial charge in [0.25, 0.3) is 0 Å². The van der Waals surface area contributed by atoms with Crippen LogP contribution in [0.25, 0.3) is 0 Å². The smallest absolute Gasteiger partial charge is 0.224 e. The molecule has 0 aliphatic heterocycles. The minimum atomic E-state index is -0.107. The summed E-state index contributed by atoms with van der Waals surface area (Å²) >= 11 is 0. The fraction of sp³-hybridized carbons (Fsp3) is 0.923. The molecule has 0 aromatic rings. The first-order valence-corrected chi connectivity index (χ1v) is 6.15. The van der Waals surface area contributed by atoms with Crippen LogP contribution in [-0.4, -0.2) is 18.5 Å². The Morgan fingerprint density at radius 2 is 1.69 bits per heavy atom. The van der Waals surface area contributed by atoms with Crippen LogP contribution in [0, 0.1) is 22.7 Å². The first kappa shape index (κ1) is 13.5. The quantitative estimate of drug-likeness (QED) is 0.767. The summed E-state index contributed by atoms with van der Waals surface area (Å²) < 4.78 is 0. The Morgan fingerprint density at radius 3 is 2.00 bits per heavy atom. The van der Waals surface area contributed by atoms with E-state index in [-0.39, 0.29) is 17.9 Å². The Kier molecular flexibility index (Phi) is 3.39. The number of hydrogen-bond acceptors (Lipinski definition) is 2. The molecule has 1 saturated carbocycles. The highest BCUT2D eigenvalue weighted by Crippen LogP contribution is 2.67. The van der Waals surface area contributed by atoms with Crippen LogP contribution in [0.1, 0.15) is 41.5 Å². The van der Waals surface area contributed by atoms with Crippen molar-refractivity contribution in [2.45, 2.75) is 47.6 Å². The second kappa shape index (κ2) is 4.02. The second-order valence-corrected chi connectivity index (χ2v) is 6.39. The Morgan fingerprint density at radius 1 is 1.25 bits per heavy atom. The zero-order valence-corrected chi connectivity index (χ0v) is 11.4. The van der Waals surface area contributed by atoms with Crippen molar-refractivity contribution in [3.05, 3.63) is 0 Å². The van der Waals surface area contributed by atoms with E-state index in [0.29, 0.717) is 16.7 Å². The van der Waals surface area contributed by atoms with Crippen molar-refractivity contribution < 1.29 is 4.79 Å². The van der Waals surface area contributed by atoms with Gasteiger partial charge in [0.05, 0.1) is 0 Å². The SMILES string of the molecule is CC(N)C(C)C(=O)NCC1C(C)(C)C1(C)C. The van der Waals surface area contributed by atoms with Crippen molar-refractivity contribution in [1.29, 1.82) is 0 Å². The molecule has 0 spiro atoms. The fourth-order valence-electron chi connectivity index (χ4n) is 2.45. The van der Waals surface area contributed by atoms with Crippen molar-refractivity contribution in [3.63, 3.8) is 0 Å². The largest absolute Gasteiger partial charge is 0.356 e. The summed E-state index contributed by atoms with van der Waals surface area (Å²) in [5.41, 5.74) is 6.37. The number of amides is 1. The topological polar surface area (TPSA) is 55.1 Å². The zero-order chi connectivity index (χ0) is 12.7. The van der Waals surface area contributed by atoms with Crippen LogP contribution >= 0.6 is 0 Å². The zero-order valence-electron chi connectivity index (χ0n) is 11.4. The van der Waals surface area contributed by atoms with Crippen LogP contribution in [0.15, 0.2) is 0 Å². The van der Waals surface area contributed by atoms with Crippen LogP contribution in [0.4, 0.5) is 0 Å². The van der Waals surface area contributed by atoms with E-state index in [9.17, 15) is 4.79 Å². The van der Waals surface area contributed by atoms with Gasteiger partial charge in [0.15, 0.2) is 0 Å². The molecule has 0 saturated heterocycles. The van der Waals surface area contributed by atoms with Gasteiger partial charge in [-0.05, 0) is 23.7 Å². The number of nitrogens with one attached hydrogen (secondary N) is 1. The van der Waals surface area contributed by atoms with Gasteiger partial charge in [0.1, 0.15) is 0 Å². The highest BCUT2D eigenvalue weighted by Gasteiger charge is 2.64. The molecule has 0 aromatic heterocycles. The lowest BCUT2D eigenvalue weighted by Gasteiger charge is -2.15. The summed E-state index contributed by atoms with van der Waals surface area (Å²) in [5.74, 6) is 0.544. The lowest BCUT2D eigenvalue weighted by atomic mass is 10.0. The van der Waals surface area contributed by atoms with Crippen LogP contribution in [0.2, 0.25) is 0 Å². The summed E-state index contributed by atoms with van der Waals surface area (Å²) in [5, 5.41) is 3.02. The maximum atomic E-state index is 11.7. The Balaban J connectivity index is 2.41. The molecule has 0 heterocycles. The Hall–Kier alpha value is -0.570. The number of carbonyl (C=O) groups is 1. The van der Waals surface area contributed by atoms with Crippen LogP contribution < -0.4 is 11.1 Å². The molecule has 0 radical (unpaired) electrons. The number of carbonyl (C=O) groups excluding carboxylic acids is 1. The van der Waals surface area contributed by atoms with Crippen molar-refractivity contribution in [1.82, 2.24) is 5.32 Å². The molecule has 3 nitrogen and oxygen atoms in total. The van der Waals surface area contributed by atoms with Gasteiger partial charge in [0, 0.05) is 18.5 Å². The highest BCUT2D eigenvalue weighted by atomic mass is 16.1. The van der Waals surface area contributed by atoms with E-state index in [4.69, 9.17) is 5.73 Å². The van der Waals surface area contributed by atoms with Crippen molar-refractivity contribution >= 4 is 5.91 Å². The van der Waals surface area contributed by atoms with Crippen LogP contribution in [0.3, 0.4) is 0 Å². The number of rotatable bonds is 4. The van der Waals surface area contributed by atoms with Crippen molar-refractivity contribution in [2.75, 3.05) is 6.54 Å². The number of nitrogens with two attached hydrogens (primary N) is 1. The van der Waals surface area contributed by atoms with E-state index in [1.54, 1.807) is 0 Å². The Bertz CT molecular complexity index is 268. The molecule has 2 unspecified atom stereocenters. The van der Waals surface area contributed by atoms with E-state index < -0.39 is 0 Å². The third-order valence-electron chi connectivity index (χ3n) is 5.00. The van der Waals surface area contributed by atoms with E-state index in [2.05, 4.69) is 33.0 Å². The molecule has 94 valence electrons. The van der Waals surface area contributed by atoms with Gasteiger partial charge in [-0.2, -0.15) is 0 Å². The maximum absolute atomic E-state index is 11.7. The molecule has 16 heavy (non-hydrogen) atoms. The summed E-state index contributed by atoms with van der Waals surface area (Å²) in [6.07, 6.45) is 0. The summed E-state index contributed by atoms with van der Waals surface area (Å²) in [6.45, 7) is 13.6. The van der Waals surface area contributed by atoms with Crippen LogP contribution in [0.5, 0.6) is 0 Å². The first-order valence-electron chi connectivity index (χ1n) is 6.15. The fourth-order valence-corrected chi connectivity index (χ4v) is 2.45. The normalized spacial score (nSPS) is 25.9. The second-order valence-electron chi connectivity index (χ2n) is 6.39. The minimum absolute atomic E-state index is 0.0773. The molecular weight excluding hydrogens is 200 g/mol. The van der Waals surface area contributed by atoms with E-state index in [0.717, 1.165) is 6.54 Å². The summed E-state index contributed by atoms with van der Waals surface area (Å²) in [7, 11) is 0. The van der Waals surface area contributed by atoms with E-state index in [1.165, 1.54) is 0 Å². The lowest BCUT2D eigenvalue weighted by Crippen LogP contribution is -2.39. The molecule has 2 atom stereocenters. The third-order valence-corrected chi connectivity index (χ3v) is 5.00. The molecule has 1 rings (SSSR count). The average molecular weight is 226 g/mol. The maximum Gasteiger partial charge on any atom is 0.224 e. The molecule has 1 amide bonds. The average Bonchev–Trinajstić information content (AvgIpc) is 2.53. The molecule has 1 aliphatic carbocycles. The molecule has 0 bridgehead atoms. The molecule has 0 aromatic carbocycles.